The lowest BCUT2D eigenvalue weighted by Gasteiger charge is -2.09. The highest BCUT2D eigenvalue weighted by molar-refractivity contribution is 6.04. The zero-order chi connectivity index (χ0) is 19.3. The first-order valence-electron chi connectivity index (χ1n) is 9.32. The topological polar surface area (TPSA) is 69.8 Å². The van der Waals surface area contributed by atoms with Gasteiger partial charge in [-0.3, -0.25) is 4.79 Å². The molecule has 0 saturated carbocycles. The molecule has 4 rings (SSSR count). The van der Waals surface area contributed by atoms with E-state index in [0.717, 1.165) is 35.6 Å². The number of aryl methyl sites for hydroxylation is 1. The lowest BCUT2D eigenvalue weighted by molar-refractivity contribution is 0.102. The van der Waals surface area contributed by atoms with Crippen LogP contribution >= 0.6 is 0 Å². The molecule has 4 aromatic rings. The number of carbonyl (C=O) groups is 1. The molecule has 0 atom stereocenters. The molecule has 5 heteroatoms. The zero-order valence-corrected chi connectivity index (χ0v) is 15.7. The molecule has 2 heterocycles. The van der Waals surface area contributed by atoms with E-state index < -0.39 is 0 Å². The average Bonchev–Trinajstić information content (AvgIpc) is 3.13. The molecule has 140 valence electrons. The highest BCUT2D eigenvalue weighted by atomic mass is 16.1. The number of carbonyl (C=O) groups excluding carboxylic acids is 1. The number of benzene rings is 2. The maximum absolute atomic E-state index is 12.4. The Labute approximate surface area is 163 Å². The normalized spacial score (nSPS) is 10.8. The second-order valence-corrected chi connectivity index (χ2v) is 6.74. The molecule has 0 aliphatic heterocycles. The van der Waals surface area contributed by atoms with Crippen LogP contribution in [0.3, 0.4) is 0 Å². The number of nitrogens with one attached hydrogen (secondary N) is 3. The maximum atomic E-state index is 12.4. The van der Waals surface area contributed by atoms with E-state index in [0.29, 0.717) is 5.56 Å². The fraction of sp³-hybridized carbons (Fsp3) is 0.130. The lowest BCUT2D eigenvalue weighted by atomic mass is 10.1. The van der Waals surface area contributed by atoms with E-state index in [-0.39, 0.29) is 5.91 Å². The predicted molar refractivity (Wildman–Crippen MR) is 114 cm³/mol. The minimum Gasteiger partial charge on any atom is -0.370 e. The van der Waals surface area contributed by atoms with Crippen LogP contribution in [0.4, 0.5) is 11.5 Å². The van der Waals surface area contributed by atoms with Crippen molar-refractivity contribution in [2.45, 2.75) is 13.3 Å². The van der Waals surface area contributed by atoms with Crippen molar-refractivity contribution in [3.8, 4) is 0 Å². The summed E-state index contributed by atoms with van der Waals surface area (Å²) < 4.78 is 0. The van der Waals surface area contributed by atoms with Crippen LogP contribution in [-0.2, 0) is 6.42 Å². The van der Waals surface area contributed by atoms with Crippen molar-refractivity contribution in [2.75, 3.05) is 17.2 Å². The van der Waals surface area contributed by atoms with Gasteiger partial charge in [-0.05, 0) is 48.7 Å². The third-order valence-electron chi connectivity index (χ3n) is 4.79. The minimum atomic E-state index is -0.160. The number of hydrogen-bond acceptors (Lipinski definition) is 3. The Balaban J connectivity index is 1.34. The summed E-state index contributed by atoms with van der Waals surface area (Å²) in [6, 6.07) is 19.6. The molecule has 0 radical (unpaired) electrons. The van der Waals surface area contributed by atoms with Crippen molar-refractivity contribution in [3.63, 3.8) is 0 Å². The molecule has 1 amide bonds. The van der Waals surface area contributed by atoms with Gasteiger partial charge < -0.3 is 15.6 Å². The quantitative estimate of drug-likeness (QED) is 0.457. The van der Waals surface area contributed by atoms with Gasteiger partial charge >= 0.3 is 0 Å². The van der Waals surface area contributed by atoms with Crippen molar-refractivity contribution < 1.29 is 4.79 Å². The molecule has 0 spiro atoms. The number of amides is 1. The van der Waals surface area contributed by atoms with Crippen LogP contribution < -0.4 is 10.6 Å². The van der Waals surface area contributed by atoms with Crippen LogP contribution in [0.25, 0.3) is 10.9 Å². The monoisotopic (exact) mass is 370 g/mol. The molecule has 28 heavy (non-hydrogen) atoms. The zero-order valence-electron chi connectivity index (χ0n) is 15.7. The number of nitrogens with zero attached hydrogens (tertiary/aromatic N) is 1. The van der Waals surface area contributed by atoms with Crippen molar-refractivity contribution in [1.82, 2.24) is 9.97 Å². The number of para-hydroxylation sites is 2. The molecule has 0 aliphatic rings. The van der Waals surface area contributed by atoms with Crippen LogP contribution in [0.1, 0.15) is 21.5 Å². The molecular formula is C23H22N4O. The van der Waals surface area contributed by atoms with Crippen molar-refractivity contribution >= 4 is 28.3 Å². The number of aromatic nitrogens is 2. The van der Waals surface area contributed by atoms with Crippen LogP contribution in [0.5, 0.6) is 0 Å². The molecule has 0 fully saturated rings. The van der Waals surface area contributed by atoms with Gasteiger partial charge in [-0.2, -0.15) is 0 Å². The standard InChI is InChI=1S/C23H22N4O/c1-16-6-2-4-8-20(16)27-23(28)18-10-11-22(26-15-18)24-13-12-17-14-25-21-9-5-3-7-19(17)21/h2-11,14-15,25H,12-13H2,1H3,(H,24,26)(H,27,28). The summed E-state index contributed by atoms with van der Waals surface area (Å²) in [5.74, 6) is 0.597. The maximum Gasteiger partial charge on any atom is 0.257 e. The number of pyridine rings is 1. The van der Waals surface area contributed by atoms with Gasteiger partial charge in [0.15, 0.2) is 0 Å². The highest BCUT2D eigenvalue weighted by Gasteiger charge is 2.08. The van der Waals surface area contributed by atoms with Crippen LogP contribution in [0.15, 0.2) is 73.1 Å². The summed E-state index contributed by atoms with van der Waals surface area (Å²) in [6.45, 7) is 2.73. The van der Waals surface area contributed by atoms with E-state index in [4.69, 9.17) is 0 Å². The molecule has 0 bridgehead atoms. The van der Waals surface area contributed by atoms with Gasteiger partial charge in [0.05, 0.1) is 5.56 Å². The highest BCUT2D eigenvalue weighted by Crippen LogP contribution is 2.18. The van der Waals surface area contributed by atoms with Gasteiger partial charge in [0.2, 0.25) is 0 Å². The number of H-pyrrole nitrogens is 1. The molecule has 0 unspecified atom stereocenters. The van der Waals surface area contributed by atoms with Crippen LogP contribution in [0, 0.1) is 6.92 Å². The summed E-state index contributed by atoms with van der Waals surface area (Å²) in [4.78, 5) is 20.1. The van der Waals surface area contributed by atoms with E-state index in [2.05, 4.69) is 45.0 Å². The van der Waals surface area contributed by atoms with Crippen LogP contribution in [-0.4, -0.2) is 22.4 Å². The van der Waals surface area contributed by atoms with E-state index in [1.807, 2.05) is 43.3 Å². The average molecular weight is 370 g/mol. The molecule has 3 N–H and O–H groups in total. The van der Waals surface area contributed by atoms with Crippen LogP contribution in [0.2, 0.25) is 0 Å². The summed E-state index contributed by atoms with van der Waals surface area (Å²) >= 11 is 0. The summed E-state index contributed by atoms with van der Waals surface area (Å²) in [5.41, 5.74) is 4.80. The van der Waals surface area contributed by atoms with Gasteiger partial charge in [0, 0.05) is 35.5 Å². The molecule has 0 saturated heterocycles. The Bertz CT molecular complexity index is 1100. The van der Waals surface area contributed by atoms with E-state index in [1.54, 1.807) is 12.3 Å². The van der Waals surface area contributed by atoms with Crippen molar-refractivity contribution in [2.24, 2.45) is 0 Å². The Hall–Kier alpha value is -3.60. The number of aromatic amines is 1. The van der Waals surface area contributed by atoms with Gasteiger partial charge in [-0.15, -0.1) is 0 Å². The molecule has 0 aliphatic carbocycles. The molecule has 2 aromatic carbocycles. The first kappa shape index (κ1) is 17.8. The Morgan fingerprint density at radius 3 is 2.68 bits per heavy atom. The van der Waals surface area contributed by atoms with Gasteiger partial charge in [0.25, 0.3) is 5.91 Å². The van der Waals surface area contributed by atoms with E-state index >= 15 is 0 Å². The smallest absolute Gasteiger partial charge is 0.257 e. The molecule has 5 nitrogen and oxygen atoms in total. The summed E-state index contributed by atoms with van der Waals surface area (Å²) in [6.07, 6.45) is 4.54. The Kier molecular flexibility index (Phi) is 5.06. The predicted octanol–water partition coefficient (Wildman–Crippen LogP) is 4.78. The first-order valence-corrected chi connectivity index (χ1v) is 9.32. The first-order chi connectivity index (χ1) is 13.7. The SMILES string of the molecule is Cc1ccccc1NC(=O)c1ccc(NCCc2c[nH]c3ccccc23)nc1. The molecular weight excluding hydrogens is 348 g/mol. The molecule has 2 aromatic heterocycles. The van der Waals surface area contributed by atoms with E-state index in [1.165, 1.54) is 10.9 Å². The third-order valence-corrected chi connectivity index (χ3v) is 4.79. The summed E-state index contributed by atoms with van der Waals surface area (Å²) in [7, 11) is 0. The number of fused-ring (bicyclic) bond motifs is 1. The number of anilines is 2. The van der Waals surface area contributed by atoms with E-state index in [9.17, 15) is 4.79 Å². The van der Waals surface area contributed by atoms with Crippen molar-refractivity contribution in [1.29, 1.82) is 0 Å². The fourth-order valence-corrected chi connectivity index (χ4v) is 3.20. The third kappa shape index (κ3) is 3.88. The lowest BCUT2D eigenvalue weighted by Crippen LogP contribution is -2.13. The fourth-order valence-electron chi connectivity index (χ4n) is 3.20. The number of hydrogen-bond donors (Lipinski definition) is 3. The van der Waals surface area contributed by atoms with Gasteiger partial charge in [0.1, 0.15) is 5.82 Å². The van der Waals surface area contributed by atoms with Crippen molar-refractivity contribution in [3.05, 3.63) is 89.7 Å². The minimum absolute atomic E-state index is 0.160. The Morgan fingerprint density at radius 1 is 1.04 bits per heavy atom. The number of rotatable bonds is 6. The van der Waals surface area contributed by atoms with Gasteiger partial charge in [-0.1, -0.05) is 36.4 Å². The van der Waals surface area contributed by atoms with Gasteiger partial charge in [-0.25, -0.2) is 4.98 Å². The second kappa shape index (κ2) is 7.96. The second-order valence-electron chi connectivity index (χ2n) is 6.74. The summed E-state index contributed by atoms with van der Waals surface area (Å²) in [5, 5.41) is 7.49. The Morgan fingerprint density at radius 2 is 1.86 bits per heavy atom. The largest absolute Gasteiger partial charge is 0.370 e.